The summed E-state index contributed by atoms with van der Waals surface area (Å²) in [7, 11) is 0. The number of ether oxygens (including phenoxy) is 1. The van der Waals surface area contributed by atoms with Crippen molar-refractivity contribution in [1.29, 1.82) is 0 Å². The van der Waals surface area contributed by atoms with Gasteiger partial charge in [-0.3, -0.25) is 10.1 Å². The van der Waals surface area contributed by atoms with Crippen molar-refractivity contribution in [3.05, 3.63) is 34.4 Å². The Hall–Kier alpha value is -1.74. The highest BCUT2D eigenvalue weighted by molar-refractivity contribution is 5.49. The molecule has 1 aliphatic heterocycles. The van der Waals surface area contributed by atoms with Gasteiger partial charge in [0.05, 0.1) is 11.0 Å². The summed E-state index contributed by atoms with van der Waals surface area (Å²) in [5.41, 5.74) is 0.444. The van der Waals surface area contributed by atoms with Gasteiger partial charge in [0.25, 0.3) is 5.69 Å². The first kappa shape index (κ1) is 14.7. The van der Waals surface area contributed by atoms with Crippen LogP contribution >= 0.6 is 0 Å². The molecule has 1 saturated heterocycles. The Balaban J connectivity index is 2.07. The maximum atomic E-state index is 10.5. The van der Waals surface area contributed by atoms with E-state index in [9.17, 15) is 25.4 Å². The van der Waals surface area contributed by atoms with Crippen LogP contribution < -0.4 is 5.32 Å². The molecular weight excluding hydrogens is 268 g/mol. The highest BCUT2D eigenvalue weighted by atomic mass is 16.6. The van der Waals surface area contributed by atoms with Crippen LogP contribution in [0.2, 0.25) is 0 Å². The second kappa shape index (κ2) is 5.71. The van der Waals surface area contributed by atoms with Gasteiger partial charge in [0.15, 0.2) is 6.23 Å². The first-order chi connectivity index (χ1) is 9.40. The lowest BCUT2D eigenvalue weighted by molar-refractivity contribution is -0.384. The van der Waals surface area contributed by atoms with Crippen LogP contribution in [0.5, 0.6) is 0 Å². The molecule has 0 radical (unpaired) electrons. The molecule has 0 aliphatic carbocycles. The van der Waals surface area contributed by atoms with Crippen molar-refractivity contribution < 1.29 is 25.0 Å². The molecule has 0 spiro atoms. The molecule has 0 saturated carbocycles. The predicted molar refractivity (Wildman–Crippen MR) is 69.1 cm³/mol. The zero-order chi connectivity index (χ0) is 14.9. The van der Waals surface area contributed by atoms with Crippen molar-refractivity contribution in [3.63, 3.8) is 0 Å². The number of non-ortho nitro benzene ring substituents is 1. The fourth-order valence-corrected chi connectivity index (χ4v) is 2.01. The number of nitrogens with zero attached hydrogens (tertiary/aromatic N) is 1. The largest absolute Gasteiger partial charge is 0.388 e. The van der Waals surface area contributed by atoms with E-state index in [4.69, 9.17) is 4.74 Å². The third-order valence-corrected chi connectivity index (χ3v) is 3.24. The van der Waals surface area contributed by atoms with Gasteiger partial charge in [0.2, 0.25) is 0 Å². The first-order valence-electron chi connectivity index (χ1n) is 6.11. The van der Waals surface area contributed by atoms with Gasteiger partial charge in [0.1, 0.15) is 18.3 Å². The van der Waals surface area contributed by atoms with Crippen molar-refractivity contribution in [3.8, 4) is 0 Å². The average molecular weight is 284 g/mol. The minimum atomic E-state index is -1.32. The number of benzene rings is 1. The fraction of sp³-hybridized carbons (Fsp3) is 0.500. The summed E-state index contributed by atoms with van der Waals surface area (Å²) in [5.74, 6) is 0. The molecule has 1 aromatic carbocycles. The molecule has 1 heterocycles. The second-order valence-electron chi connectivity index (χ2n) is 4.68. The van der Waals surface area contributed by atoms with Crippen molar-refractivity contribution in [2.45, 2.75) is 37.6 Å². The minimum absolute atomic E-state index is 0.0514. The lowest BCUT2D eigenvalue weighted by atomic mass is 9.99. The van der Waals surface area contributed by atoms with Crippen LogP contribution in [0.3, 0.4) is 0 Å². The molecule has 1 aromatic rings. The number of nitro benzene ring substituents is 1. The van der Waals surface area contributed by atoms with Crippen LogP contribution in [0, 0.1) is 10.1 Å². The molecule has 2 rings (SSSR count). The molecule has 0 aromatic heterocycles. The summed E-state index contributed by atoms with van der Waals surface area (Å²) < 4.78 is 5.36. The van der Waals surface area contributed by atoms with Gasteiger partial charge in [0, 0.05) is 17.8 Å². The first-order valence-corrected chi connectivity index (χ1v) is 6.11. The van der Waals surface area contributed by atoms with Crippen LogP contribution in [0.25, 0.3) is 0 Å². The van der Waals surface area contributed by atoms with Crippen molar-refractivity contribution in [2.24, 2.45) is 0 Å². The molecule has 0 bridgehead atoms. The Kier molecular flexibility index (Phi) is 4.19. The summed E-state index contributed by atoms with van der Waals surface area (Å²) >= 11 is 0. The Morgan fingerprint density at radius 2 is 1.75 bits per heavy atom. The molecule has 8 heteroatoms. The van der Waals surface area contributed by atoms with Gasteiger partial charge in [-0.1, -0.05) is 0 Å². The number of aliphatic hydroxyl groups is 3. The molecule has 1 aliphatic rings. The molecule has 110 valence electrons. The maximum absolute atomic E-state index is 10.5. The SMILES string of the molecule is C[C@@H]1O[C@@H](Nc2ccc([N+](=O)[O-])cc2)[C@@H](O)[C@@H](O)[C@@H]1O. The minimum Gasteiger partial charge on any atom is -0.388 e. The topological polar surface area (TPSA) is 125 Å². The van der Waals surface area contributed by atoms with Crippen LogP contribution in [0.4, 0.5) is 11.4 Å². The van der Waals surface area contributed by atoms with E-state index in [1.807, 2.05) is 0 Å². The standard InChI is InChI=1S/C12H16N2O6/c1-6-9(15)10(16)11(17)12(20-6)13-7-2-4-8(5-3-7)14(18)19/h2-6,9-13,15-17H,1H3/t6-,9+,10-,11-,12+/m0/s1. The van der Waals surface area contributed by atoms with Crippen molar-refractivity contribution in [1.82, 2.24) is 0 Å². The second-order valence-corrected chi connectivity index (χ2v) is 4.68. The molecule has 0 amide bonds. The maximum Gasteiger partial charge on any atom is 0.269 e. The van der Waals surface area contributed by atoms with Crippen LogP contribution in [-0.2, 0) is 4.74 Å². The molecular formula is C12H16N2O6. The Bertz CT molecular complexity index is 479. The Morgan fingerprint density at radius 3 is 2.30 bits per heavy atom. The Morgan fingerprint density at radius 1 is 1.15 bits per heavy atom. The zero-order valence-electron chi connectivity index (χ0n) is 10.7. The molecule has 5 atom stereocenters. The van der Waals surface area contributed by atoms with Gasteiger partial charge in [-0.15, -0.1) is 0 Å². The van der Waals surface area contributed by atoms with E-state index in [0.717, 1.165) is 0 Å². The molecule has 0 unspecified atom stereocenters. The highest BCUT2D eigenvalue weighted by Gasteiger charge is 2.41. The van der Waals surface area contributed by atoms with Gasteiger partial charge < -0.3 is 25.4 Å². The van der Waals surface area contributed by atoms with Crippen LogP contribution in [-0.4, -0.2) is 50.9 Å². The normalized spacial score (nSPS) is 33.7. The number of anilines is 1. The molecule has 8 nitrogen and oxygen atoms in total. The Labute approximate surface area is 114 Å². The zero-order valence-corrected chi connectivity index (χ0v) is 10.7. The lowest BCUT2D eigenvalue weighted by Gasteiger charge is -2.39. The molecule has 20 heavy (non-hydrogen) atoms. The van der Waals surface area contributed by atoms with Crippen molar-refractivity contribution in [2.75, 3.05) is 5.32 Å². The average Bonchev–Trinajstić information content (AvgIpc) is 2.43. The van der Waals surface area contributed by atoms with E-state index < -0.39 is 35.6 Å². The molecule has 1 fully saturated rings. The lowest BCUT2D eigenvalue weighted by Crippen LogP contribution is -2.58. The van der Waals surface area contributed by atoms with E-state index in [1.54, 1.807) is 6.92 Å². The van der Waals surface area contributed by atoms with Gasteiger partial charge >= 0.3 is 0 Å². The smallest absolute Gasteiger partial charge is 0.269 e. The number of hydrogen-bond donors (Lipinski definition) is 4. The van der Waals surface area contributed by atoms with Crippen molar-refractivity contribution >= 4 is 11.4 Å². The summed E-state index contributed by atoms with van der Waals surface area (Å²) in [6.45, 7) is 1.57. The highest BCUT2D eigenvalue weighted by Crippen LogP contribution is 2.23. The number of nitrogens with one attached hydrogen (secondary N) is 1. The quantitative estimate of drug-likeness (QED) is 0.448. The number of rotatable bonds is 3. The van der Waals surface area contributed by atoms with Crippen LogP contribution in [0.15, 0.2) is 24.3 Å². The third-order valence-electron chi connectivity index (χ3n) is 3.24. The fourth-order valence-electron chi connectivity index (χ4n) is 2.01. The summed E-state index contributed by atoms with van der Waals surface area (Å²) in [6.07, 6.45) is -5.36. The van der Waals surface area contributed by atoms with Gasteiger partial charge in [-0.25, -0.2) is 0 Å². The monoisotopic (exact) mass is 284 g/mol. The summed E-state index contributed by atoms with van der Waals surface area (Å²) in [4.78, 5) is 10.0. The number of hydrogen-bond acceptors (Lipinski definition) is 7. The van der Waals surface area contributed by atoms with E-state index in [0.29, 0.717) is 5.69 Å². The van der Waals surface area contributed by atoms with Gasteiger partial charge in [-0.2, -0.15) is 0 Å². The van der Waals surface area contributed by atoms with E-state index in [2.05, 4.69) is 5.32 Å². The van der Waals surface area contributed by atoms with E-state index in [1.165, 1.54) is 24.3 Å². The number of aliphatic hydroxyl groups excluding tert-OH is 3. The predicted octanol–water partition coefficient (Wildman–Crippen LogP) is -0.166. The summed E-state index contributed by atoms with van der Waals surface area (Å²) in [6, 6.07) is 5.56. The summed E-state index contributed by atoms with van der Waals surface area (Å²) in [5, 5.41) is 42.4. The van der Waals surface area contributed by atoms with E-state index in [-0.39, 0.29) is 5.69 Å². The van der Waals surface area contributed by atoms with E-state index >= 15 is 0 Å². The van der Waals surface area contributed by atoms with Gasteiger partial charge in [-0.05, 0) is 19.1 Å². The van der Waals surface area contributed by atoms with Crippen LogP contribution in [0.1, 0.15) is 6.92 Å². The molecule has 4 N–H and O–H groups in total. The third kappa shape index (κ3) is 2.88. The number of nitro groups is 1.